The van der Waals surface area contributed by atoms with Gasteiger partial charge in [0.05, 0.1) is 11.9 Å². The van der Waals surface area contributed by atoms with Crippen LogP contribution in [0.1, 0.15) is 104 Å². The molecule has 0 radical (unpaired) electrons. The van der Waals surface area contributed by atoms with Crippen LogP contribution in [0.25, 0.3) is 0 Å². The molecule has 0 fully saturated rings. The molecule has 0 aliphatic rings. The first-order chi connectivity index (χ1) is 12.3. The second-order valence-corrected chi connectivity index (χ2v) is 10.2. The van der Waals surface area contributed by atoms with E-state index in [-0.39, 0.29) is 21.9 Å². The van der Waals surface area contributed by atoms with Gasteiger partial charge in [0.15, 0.2) is 0 Å². The minimum atomic E-state index is -0.286. The molecule has 2 heterocycles. The van der Waals surface area contributed by atoms with E-state index in [1.165, 1.54) is 5.56 Å². The molecule has 0 aliphatic heterocycles. The summed E-state index contributed by atoms with van der Waals surface area (Å²) in [6.07, 6.45) is 5.53. The SMILES string of the molecule is CC(C)c1oncc1C(C)(C)CCC(C)(C)c1nc(=O)[nH]cc1C(C)(C)C. The molecule has 0 aliphatic carbocycles. The summed E-state index contributed by atoms with van der Waals surface area (Å²) >= 11 is 0. The molecule has 5 heteroatoms. The number of nitrogens with one attached hydrogen (secondary N) is 1. The van der Waals surface area contributed by atoms with Crippen molar-refractivity contribution >= 4 is 0 Å². The Kier molecular flexibility index (Phi) is 5.74. The molecule has 0 spiro atoms. The van der Waals surface area contributed by atoms with Crippen molar-refractivity contribution in [1.82, 2.24) is 15.1 Å². The van der Waals surface area contributed by atoms with Crippen molar-refractivity contribution in [2.45, 2.75) is 97.3 Å². The minimum Gasteiger partial charge on any atom is -0.361 e. The lowest BCUT2D eigenvalue weighted by molar-refractivity contribution is 0.342. The van der Waals surface area contributed by atoms with Gasteiger partial charge in [-0.15, -0.1) is 0 Å². The topological polar surface area (TPSA) is 71.8 Å². The number of aromatic amines is 1. The molecule has 150 valence electrons. The van der Waals surface area contributed by atoms with E-state index in [4.69, 9.17) is 4.52 Å². The van der Waals surface area contributed by atoms with Gasteiger partial charge in [0.1, 0.15) is 5.76 Å². The maximum Gasteiger partial charge on any atom is 0.345 e. The lowest BCUT2D eigenvalue weighted by Crippen LogP contribution is -2.32. The van der Waals surface area contributed by atoms with Gasteiger partial charge in [-0.1, -0.05) is 67.5 Å². The number of nitrogens with zero attached hydrogens (tertiary/aromatic N) is 2. The number of H-pyrrole nitrogens is 1. The molecule has 5 nitrogen and oxygen atoms in total. The minimum absolute atomic E-state index is 0.0695. The van der Waals surface area contributed by atoms with E-state index >= 15 is 0 Å². The average Bonchev–Trinajstić information content (AvgIpc) is 3.03. The van der Waals surface area contributed by atoms with E-state index in [0.717, 1.165) is 29.9 Å². The van der Waals surface area contributed by atoms with Gasteiger partial charge in [-0.2, -0.15) is 4.98 Å². The van der Waals surface area contributed by atoms with Gasteiger partial charge in [-0.3, -0.25) is 0 Å². The molecule has 1 N–H and O–H groups in total. The highest BCUT2D eigenvalue weighted by Crippen LogP contribution is 2.40. The highest BCUT2D eigenvalue weighted by Gasteiger charge is 2.34. The predicted molar refractivity (Wildman–Crippen MR) is 109 cm³/mol. The summed E-state index contributed by atoms with van der Waals surface area (Å²) in [6.45, 7) is 19.5. The van der Waals surface area contributed by atoms with Crippen molar-refractivity contribution in [2.75, 3.05) is 0 Å². The molecule has 0 aromatic carbocycles. The van der Waals surface area contributed by atoms with Crippen molar-refractivity contribution in [2.24, 2.45) is 0 Å². The van der Waals surface area contributed by atoms with Crippen LogP contribution in [0.2, 0.25) is 0 Å². The molecule has 2 aromatic heterocycles. The third kappa shape index (κ3) is 4.69. The summed E-state index contributed by atoms with van der Waals surface area (Å²) in [4.78, 5) is 19.1. The summed E-state index contributed by atoms with van der Waals surface area (Å²) in [5.74, 6) is 1.26. The lowest BCUT2D eigenvalue weighted by atomic mass is 9.71. The van der Waals surface area contributed by atoms with Crippen molar-refractivity contribution < 1.29 is 4.52 Å². The van der Waals surface area contributed by atoms with E-state index in [1.54, 1.807) is 0 Å². The Morgan fingerprint density at radius 3 is 2.15 bits per heavy atom. The second kappa shape index (κ2) is 7.25. The molecule has 2 rings (SSSR count). The quantitative estimate of drug-likeness (QED) is 0.754. The molecule has 0 amide bonds. The maximum atomic E-state index is 11.9. The summed E-state index contributed by atoms with van der Waals surface area (Å²) in [5, 5.41) is 4.04. The molecular weight excluding hydrogens is 338 g/mol. The van der Waals surface area contributed by atoms with Gasteiger partial charge in [-0.05, 0) is 29.2 Å². The number of hydrogen-bond donors (Lipinski definition) is 1. The molecule has 0 atom stereocenters. The summed E-state index contributed by atoms with van der Waals surface area (Å²) in [7, 11) is 0. The van der Waals surface area contributed by atoms with Crippen LogP contribution >= 0.6 is 0 Å². The van der Waals surface area contributed by atoms with Gasteiger partial charge in [0, 0.05) is 23.1 Å². The molecule has 27 heavy (non-hydrogen) atoms. The maximum absolute atomic E-state index is 11.9. The number of aromatic nitrogens is 3. The molecule has 0 saturated heterocycles. The van der Waals surface area contributed by atoms with Gasteiger partial charge in [0.25, 0.3) is 0 Å². The summed E-state index contributed by atoms with van der Waals surface area (Å²) in [6, 6.07) is 0. The monoisotopic (exact) mass is 373 g/mol. The first kappa shape index (κ1) is 21.4. The van der Waals surface area contributed by atoms with Crippen LogP contribution in [0.3, 0.4) is 0 Å². The zero-order chi connectivity index (χ0) is 20.6. The Labute approximate surface area is 163 Å². The smallest absolute Gasteiger partial charge is 0.345 e. The van der Waals surface area contributed by atoms with E-state index in [9.17, 15) is 4.79 Å². The molecule has 0 saturated carbocycles. The van der Waals surface area contributed by atoms with Crippen LogP contribution < -0.4 is 5.69 Å². The van der Waals surface area contributed by atoms with E-state index in [1.807, 2.05) is 12.4 Å². The van der Waals surface area contributed by atoms with Gasteiger partial charge >= 0.3 is 5.69 Å². The average molecular weight is 374 g/mol. The number of rotatable bonds is 6. The third-order valence-electron chi connectivity index (χ3n) is 5.48. The predicted octanol–water partition coefficient (Wildman–Crippen LogP) is 5.21. The van der Waals surface area contributed by atoms with Crippen LogP contribution in [-0.4, -0.2) is 15.1 Å². The van der Waals surface area contributed by atoms with Crippen LogP contribution in [0.5, 0.6) is 0 Å². The van der Waals surface area contributed by atoms with Crippen molar-refractivity contribution in [3.8, 4) is 0 Å². The largest absolute Gasteiger partial charge is 0.361 e. The van der Waals surface area contributed by atoms with E-state index in [2.05, 4.69) is 77.4 Å². The van der Waals surface area contributed by atoms with E-state index < -0.39 is 0 Å². The normalized spacial score (nSPS) is 13.4. The standard InChI is InChI=1S/C22H35N3O2/c1-14(2)17-15(13-24-27-17)21(6,7)10-11-22(8,9)18-16(20(3,4)5)12-23-19(26)25-18/h12-14H,10-11H2,1-9H3,(H,23,25,26). The Morgan fingerprint density at radius 1 is 1.00 bits per heavy atom. The fourth-order valence-corrected chi connectivity index (χ4v) is 3.54. The summed E-state index contributed by atoms with van der Waals surface area (Å²) < 4.78 is 5.50. The fourth-order valence-electron chi connectivity index (χ4n) is 3.54. The van der Waals surface area contributed by atoms with Crippen molar-refractivity contribution in [1.29, 1.82) is 0 Å². The highest BCUT2D eigenvalue weighted by molar-refractivity contribution is 5.31. The first-order valence-electron chi connectivity index (χ1n) is 9.81. The van der Waals surface area contributed by atoms with Crippen LogP contribution in [-0.2, 0) is 16.2 Å². The molecule has 0 bridgehead atoms. The molecule has 0 unspecified atom stereocenters. The van der Waals surface area contributed by atoms with Crippen molar-refractivity contribution in [3.05, 3.63) is 45.5 Å². The van der Waals surface area contributed by atoms with E-state index in [0.29, 0.717) is 5.92 Å². The first-order valence-corrected chi connectivity index (χ1v) is 9.81. The summed E-state index contributed by atoms with van der Waals surface area (Å²) in [5.41, 5.74) is 2.50. The molecule has 2 aromatic rings. The van der Waals surface area contributed by atoms with Crippen molar-refractivity contribution in [3.63, 3.8) is 0 Å². The van der Waals surface area contributed by atoms with Crippen LogP contribution in [0, 0.1) is 0 Å². The van der Waals surface area contributed by atoms with Gasteiger partial charge < -0.3 is 9.51 Å². The third-order valence-corrected chi connectivity index (χ3v) is 5.48. The zero-order valence-electron chi connectivity index (χ0n) is 18.4. The Morgan fingerprint density at radius 2 is 1.59 bits per heavy atom. The zero-order valence-corrected chi connectivity index (χ0v) is 18.4. The Bertz CT molecular complexity index is 836. The van der Waals surface area contributed by atoms with Gasteiger partial charge in [0.2, 0.25) is 0 Å². The van der Waals surface area contributed by atoms with Gasteiger partial charge in [-0.25, -0.2) is 4.79 Å². The Balaban J connectivity index is 2.33. The second-order valence-electron chi connectivity index (χ2n) is 10.2. The number of hydrogen-bond acceptors (Lipinski definition) is 4. The Hall–Kier alpha value is -1.91. The van der Waals surface area contributed by atoms with Crippen LogP contribution in [0.4, 0.5) is 0 Å². The fraction of sp³-hybridized carbons (Fsp3) is 0.682. The highest BCUT2D eigenvalue weighted by atomic mass is 16.5. The lowest BCUT2D eigenvalue weighted by Gasteiger charge is -2.34. The molecular formula is C22H35N3O2. The van der Waals surface area contributed by atoms with Crippen LogP contribution in [0.15, 0.2) is 21.7 Å².